The van der Waals surface area contributed by atoms with Gasteiger partial charge in [0.05, 0.1) is 6.61 Å². The van der Waals surface area contributed by atoms with Crippen LogP contribution in [0.4, 0.5) is 0 Å². The van der Waals surface area contributed by atoms with Crippen LogP contribution in [0.5, 0.6) is 0 Å². The summed E-state index contributed by atoms with van der Waals surface area (Å²) in [6.45, 7) is 11.5. The SMILES string of the molecule is C/C=C1/CCC2C3CCC4CC(C)CC[C@]4(COCC)C3CCC12C. The molecule has 4 aliphatic carbocycles. The molecule has 1 heteroatoms. The molecule has 0 saturated heterocycles. The highest BCUT2D eigenvalue weighted by Gasteiger charge is 2.60. The van der Waals surface area contributed by atoms with Gasteiger partial charge in [0.15, 0.2) is 0 Å². The number of ether oxygens (including phenoxy) is 1. The summed E-state index contributed by atoms with van der Waals surface area (Å²) in [6, 6.07) is 0. The maximum atomic E-state index is 6.18. The molecule has 0 N–H and O–H groups in total. The van der Waals surface area contributed by atoms with E-state index in [2.05, 4.69) is 33.8 Å². The van der Waals surface area contributed by atoms with Crippen molar-refractivity contribution in [3.8, 4) is 0 Å². The van der Waals surface area contributed by atoms with Crippen LogP contribution in [0.2, 0.25) is 0 Å². The lowest BCUT2D eigenvalue weighted by Gasteiger charge is -2.61. The number of fused-ring (bicyclic) bond motifs is 5. The van der Waals surface area contributed by atoms with Gasteiger partial charge >= 0.3 is 0 Å². The molecule has 7 atom stereocenters. The van der Waals surface area contributed by atoms with E-state index in [4.69, 9.17) is 4.74 Å². The van der Waals surface area contributed by atoms with E-state index in [1.54, 1.807) is 5.57 Å². The second kappa shape index (κ2) is 6.70. The topological polar surface area (TPSA) is 9.23 Å². The van der Waals surface area contributed by atoms with Gasteiger partial charge in [0.1, 0.15) is 0 Å². The molecule has 0 amide bonds. The third-order valence-corrected chi connectivity index (χ3v) is 9.40. The first-order chi connectivity index (χ1) is 12.0. The first-order valence-electron chi connectivity index (χ1n) is 11.3. The van der Waals surface area contributed by atoms with Crippen molar-refractivity contribution in [2.75, 3.05) is 13.2 Å². The summed E-state index contributed by atoms with van der Waals surface area (Å²) < 4.78 is 6.18. The highest BCUT2D eigenvalue weighted by molar-refractivity contribution is 5.23. The Bertz CT molecular complexity index is 518. The largest absolute Gasteiger partial charge is 0.381 e. The van der Waals surface area contributed by atoms with E-state index in [1.165, 1.54) is 57.8 Å². The van der Waals surface area contributed by atoms with E-state index >= 15 is 0 Å². The zero-order valence-corrected chi connectivity index (χ0v) is 17.2. The fourth-order valence-corrected chi connectivity index (χ4v) is 8.16. The zero-order chi connectivity index (χ0) is 17.7. The third kappa shape index (κ3) is 2.67. The van der Waals surface area contributed by atoms with Gasteiger partial charge in [-0.3, -0.25) is 0 Å². The van der Waals surface area contributed by atoms with Crippen molar-refractivity contribution in [3.05, 3.63) is 11.6 Å². The molecule has 0 aromatic rings. The normalized spacial score (nSPS) is 51.0. The lowest BCUT2D eigenvalue weighted by atomic mass is 9.44. The molecule has 1 nitrogen and oxygen atoms in total. The van der Waals surface area contributed by atoms with Crippen LogP contribution < -0.4 is 0 Å². The van der Waals surface area contributed by atoms with Gasteiger partial charge in [-0.2, -0.15) is 0 Å². The summed E-state index contributed by atoms with van der Waals surface area (Å²) in [7, 11) is 0. The second-order valence-electron chi connectivity index (χ2n) is 10.2. The summed E-state index contributed by atoms with van der Waals surface area (Å²) >= 11 is 0. The summed E-state index contributed by atoms with van der Waals surface area (Å²) in [6.07, 6.45) is 15.5. The molecule has 4 aliphatic rings. The lowest BCUT2D eigenvalue weighted by Crippen LogP contribution is -2.55. The van der Waals surface area contributed by atoms with Crippen LogP contribution in [0.1, 0.15) is 85.5 Å². The monoisotopic (exact) mass is 344 g/mol. The molecule has 0 aromatic carbocycles. The van der Waals surface area contributed by atoms with E-state index in [0.717, 1.165) is 42.8 Å². The number of rotatable bonds is 3. The molecular weight excluding hydrogens is 304 g/mol. The van der Waals surface area contributed by atoms with Crippen LogP contribution in [0, 0.1) is 40.4 Å². The van der Waals surface area contributed by atoms with Crippen LogP contribution in [-0.4, -0.2) is 13.2 Å². The Labute approximate surface area is 156 Å². The van der Waals surface area contributed by atoms with Crippen molar-refractivity contribution in [1.82, 2.24) is 0 Å². The first-order valence-corrected chi connectivity index (χ1v) is 11.3. The lowest BCUT2D eigenvalue weighted by molar-refractivity contribution is -0.147. The molecule has 25 heavy (non-hydrogen) atoms. The third-order valence-electron chi connectivity index (χ3n) is 9.40. The molecule has 0 radical (unpaired) electrons. The van der Waals surface area contributed by atoms with Crippen molar-refractivity contribution in [2.24, 2.45) is 40.4 Å². The number of hydrogen-bond donors (Lipinski definition) is 0. The minimum atomic E-state index is 0.519. The van der Waals surface area contributed by atoms with E-state index < -0.39 is 0 Å². The van der Waals surface area contributed by atoms with Crippen molar-refractivity contribution in [1.29, 1.82) is 0 Å². The average molecular weight is 345 g/mol. The van der Waals surface area contributed by atoms with Gasteiger partial charge in [-0.25, -0.2) is 0 Å². The molecule has 0 aliphatic heterocycles. The van der Waals surface area contributed by atoms with Gasteiger partial charge in [-0.05, 0) is 106 Å². The first kappa shape index (κ1) is 18.1. The van der Waals surface area contributed by atoms with Crippen molar-refractivity contribution >= 4 is 0 Å². The molecule has 0 spiro atoms. The fraction of sp³-hybridized carbons (Fsp3) is 0.917. The summed E-state index contributed by atoms with van der Waals surface area (Å²) in [5.41, 5.74) is 2.83. The second-order valence-corrected chi connectivity index (χ2v) is 10.2. The Hall–Kier alpha value is -0.300. The smallest absolute Gasteiger partial charge is 0.0527 e. The van der Waals surface area contributed by atoms with Gasteiger partial charge in [0.25, 0.3) is 0 Å². The van der Waals surface area contributed by atoms with Crippen LogP contribution in [0.3, 0.4) is 0 Å². The quantitative estimate of drug-likeness (QED) is 0.522. The van der Waals surface area contributed by atoms with E-state index in [0.29, 0.717) is 10.8 Å². The summed E-state index contributed by atoms with van der Waals surface area (Å²) in [4.78, 5) is 0. The summed E-state index contributed by atoms with van der Waals surface area (Å²) in [5, 5.41) is 0. The van der Waals surface area contributed by atoms with Crippen molar-refractivity contribution < 1.29 is 4.74 Å². The van der Waals surface area contributed by atoms with Crippen molar-refractivity contribution in [2.45, 2.75) is 85.5 Å². The molecule has 0 aromatic heterocycles. The minimum absolute atomic E-state index is 0.519. The predicted molar refractivity (Wildman–Crippen MR) is 105 cm³/mol. The van der Waals surface area contributed by atoms with Crippen LogP contribution in [0.15, 0.2) is 11.6 Å². The highest BCUT2D eigenvalue weighted by Crippen LogP contribution is 2.67. The van der Waals surface area contributed by atoms with Gasteiger partial charge in [-0.1, -0.05) is 31.9 Å². The van der Waals surface area contributed by atoms with Crippen LogP contribution in [-0.2, 0) is 4.74 Å². The van der Waals surface area contributed by atoms with Crippen LogP contribution in [0.25, 0.3) is 0 Å². The standard InChI is InChI=1S/C24H40O/c1-5-18-8-10-21-20-9-7-19-15-17(3)11-14-24(19,16-25-6-2)22(20)12-13-23(18,21)4/h5,17,19-22H,6-16H2,1-4H3/b18-5-/t17?,19?,20?,21?,22?,23?,24-/m1/s1. The minimum Gasteiger partial charge on any atom is -0.381 e. The number of hydrogen-bond acceptors (Lipinski definition) is 1. The zero-order valence-electron chi connectivity index (χ0n) is 17.2. The maximum Gasteiger partial charge on any atom is 0.0527 e. The Morgan fingerprint density at radius 1 is 1.08 bits per heavy atom. The molecular formula is C24H40O. The van der Waals surface area contributed by atoms with Crippen molar-refractivity contribution in [3.63, 3.8) is 0 Å². The average Bonchev–Trinajstić information content (AvgIpc) is 2.96. The maximum absolute atomic E-state index is 6.18. The number of allylic oxidation sites excluding steroid dienone is 2. The van der Waals surface area contributed by atoms with Gasteiger partial charge < -0.3 is 4.74 Å². The van der Waals surface area contributed by atoms with Gasteiger partial charge in [-0.15, -0.1) is 0 Å². The van der Waals surface area contributed by atoms with Gasteiger partial charge in [0.2, 0.25) is 0 Å². The molecule has 4 fully saturated rings. The Morgan fingerprint density at radius 2 is 1.92 bits per heavy atom. The predicted octanol–water partition coefficient (Wildman–Crippen LogP) is 6.63. The Balaban J connectivity index is 1.65. The Morgan fingerprint density at radius 3 is 2.68 bits per heavy atom. The van der Waals surface area contributed by atoms with E-state index in [9.17, 15) is 0 Å². The van der Waals surface area contributed by atoms with Gasteiger partial charge in [0, 0.05) is 6.61 Å². The highest BCUT2D eigenvalue weighted by atomic mass is 16.5. The molecule has 4 saturated carbocycles. The van der Waals surface area contributed by atoms with Crippen LogP contribution >= 0.6 is 0 Å². The molecule has 4 rings (SSSR count). The fourth-order valence-electron chi connectivity index (χ4n) is 8.16. The summed E-state index contributed by atoms with van der Waals surface area (Å²) in [5.74, 6) is 4.75. The molecule has 6 unspecified atom stereocenters. The molecule has 0 heterocycles. The van der Waals surface area contributed by atoms with E-state index in [-0.39, 0.29) is 0 Å². The molecule has 142 valence electrons. The Kier molecular flexibility index (Phi) is 4.84. The van der Waals surface area contributed by atoms with E-state index in [1.807, 2.05) is 0 Å². The molecule has 0 bridgehead atoms.